The van der Waals surface area contributed by atoms with Crippen molar-refractivity contribution in [1.29, 1.82) is 0 Å². The topological polar surface area (TPSA) is 122 Å². The Balaban J connectivity index is 1.96. The van der Waals surface area contributed by atoms with Crippen LogP contribution in [0.4, 0.5) is 0 Å². The van der Waals surface area contributed by atoms with E-state index in [1.165, 1.54) is 0 Å². The van der Waals surface area contributed by atoms with Crippen molar-refractivity contribution in [2.45, 2.75) is 0 Å². The highest BCUT2D eigenvalue weighted by Gasteiger charge is 2.15. The molecule has 7 nitrogen and oxygen atoms in total. The number of amides is 1. The number of hydrogen-bond acceptors (Lipinski definition) is 4. The van der Waals surface area contributed by atoms with Gasteiger partial charge in [-0.3, -0.25) is 9.89 Å². The van der Waals surface area contributed by atoms with Crippen LogP contribution in [-0.4, -0.2) is 32.4 Å². The molecule has 0 radical (unpaired) electrons. The van der Waals surface area contributed by atoms with E-state index in [4.69, 9.17) is 10.8 Å². The summed E-state index contributed by atoms with van der Waals surface area (Å²) in [5.41, 5.74) is 8.26. The van der Waals surface area contributed by atoms with Crippen molar-refractivity contribution in [3.8, 4) is 22.4 Å². The van der Waals surface area contributed by atoms with Crippen molar-refractivity contribution < 1.29 is 14.7 Å². The smallest absolute Gasteiger partial charge is 0.356 e. The van der Waals surface area contributed by atoms with E-state index < -0.39 is 11.9 Å². The quantitative estimate of drug-likeness (QED) is 0.679. The van der Waals surface area contributed by atoms with Gasteiger partial charge in [-0.2, -0.15) is 0 Å². The minimum atomic E-state index is -1.12. The number of carboxylic acid groups (broad SMARTS) is 1. The second kappa shape index (κ2) is 5.72. The maximum atomic E-state index is 11.2. The zero-order valence-corrected chi connectivity index (χ0v) is 11.9. The van der Waals surface area contributed by atoms with Gasteiger partial charge >= 0.3 is 5.97 Å². The van der Waals surface area contributed by atoms with E-state index in [9.17, 15) is 9.59 Å². The van der Waals surface area contributed by atoms with Gasteiger partial charge in [0.2, 0.25) is 5.91 Å². The first-order valence-electron chi connectivity index (χ1n) is 6.71. The Morgan fingerprint density at radius 3 is 2.35 bits per heavy atom. The van der Waals surface area contributed by atoms with E-state index in [-0.39, 0.29) is 11.4 Å². The minimum Gasteiger partial charge on any atom is -0.476 e. The number of carbonyl (C=O) groups is 2. The highest BCUT2D eigenvalue weighted by atomic mass is 16.4. The number of aromatic nitrogens is 3. The van der Waals surface area contributed by atoms with Gasteiger partial charge in [-0.15, -0.1) is 5.10 Å². The van der Waals surface area contributed by atoms with Gasteiger partial charge in [0.15, 0.2) is 5.69 Å². The van der Waals surface area contributed by atoms with Gasteiger partial charge in [-0.05, 0) is 23.3 Å². The number of benzene rings is 2. The standard InChI is InChI=1S/C16H12N4O3/c17-15(21)12-3-1-2-11(8-12)9-4-6-10(7-5-9)13-14(16(22)23)19-20-18-13/h1-8H,(H2,17,21)(H,22,23)(H,18,19,20). The number of aromatic carboxylic acids is 1. The van der Waals surface area contributed by atoms with Crippen LogP contribution in [0.2, 0.25) is 0 Å². The number of carboxylic acids is 1. The van der Waals surface area contributed by atoms with Crippen molar-refractivity contribution in [3.05, 3.63) is 59.8 Å². The van der Waals surface area contributed by atoms with E-state index in [1.54, 1.807) is 30.3 Å². The van der Waals surface area contributed by atoms with Crippen LogP contribution in [0.15, 0.2) is 48.5 Å². The molecule has 3 aromatic rings. The number of rotatable bonds is 4. The number of nitrogens with one attached hydrogen (secondary N) is 1. The second-order valence-electron chi connectivity index (χ2n) is 4.86. The largest absolute Gasteiger partial charge is 0.476 e. The Labute approximate surface area is 130 Å². The lowest BCUT2D eigenvalue weighted by Gasteiger charge is -2.05. The molecule has 1 heterocycles. The molecule has 0 aliphatic heterocycles. The van der Waals surface area contributed by atoms with Crippen LogP contribution in [0.3, 0.4) is 0 Å². The monoisotopic (exact) mass is 308 g/mol. The van der Waals surface area contributed by atoms with Gasteiger partial charge in [0, 0.05) is 11.1 Å². The normalized spacial score (nSPS) is 10.4. The third kappa shape index (κ3) is 2.80. The Bertz CT molecular complexity index is 884. The number of aromatic amines is 1. The molecule has 114 valence electrons. The van der Waals surface area contributed by atoms with Gasteiger partial charge in [0.05, 0.1) is 0 Å². The molecule has 7 heteroatoms. The molecule has 0 saturated carbocycles. The Hall–Kier alpha value is -3.48. The summed E-state index contributed by atoms with van der Waals surface area (Å²) in [7, 11) is 0. The lowest BCUT2D eigenvalue weighted by Crippen LogP contribution is -2.10. The highest BCUT2D eigenvalue weighted by molar-refractivity contribution is 5.94. The van der Waals surface area contributed by atoms with Crippen LogP contribution in [0, 0.1) is 0 Å². The van der Waals surface area contributed by atoms with Crippen molar-refractivity contribution in [1.82, 2.24) is 15.4 Å². The molecule has 0 spiro atoms. The molecule has 0 atom stereocenters. The van der Waals surface area contributed by atoms with Crippen molar-refractivity contribution in [3.63, 3.8) is 0 Å². The molecule has 2 aromatic carbocycles. The van der Waals surface area contributed by atoms with Gasteiger partial charge in [0.25, 0.3) is 0 Å². The number of hydrogen-bond donors (Lipinski definition) is 3. The average Bonchev–Trinajstić information content (AvgIpc) is 3.05. The molecule has 23 heavy (non-hydrogen) atoms. The summed E-state index contributed by atoms with van der Waals surface area (Å²) in [5, 5.41) is 18.8. The number of nitrogens with zero attached hydrogens (tertiary/aromatic N) is 2. The Morgan fingerprint density at radius 2 is 1.70 bits per heavy atom. The van der Waals surface area contributed by atoms with E-state index >= 15 is 0 Å². The predicted molar refractivity (Wildman–Crippen MR) is 82.7 cm³/mol. The second-order valence-corrected chi connectivity index (χ2v) is 4.86. The van der Waals surface area contributed by atoms with E-state index in [0.29, 0.717) is 11.1 Å². The van der Waals surface area contributed by atoms with Crippen LogP contribution >= 0.6 is 0 Å². The van der Waals surface area contributed by atoms with Crippen LogP contribution in [-0.2, 0) is 0 Å². The summed E-state index contributed by atoms with van der Waals surface area (Å²) in [4.78, 5) is 22.3. The molecular weight excluding hydrogens is 296 g/mol. The lowest BCUT2D eigenvalue weighted by molar-refractivity contribution is 0.0691. The fourth-order valence-electron chi connectivity index (χ4n) is 2.25. The summed E-state index contributed by atoms with van der Waals surface area (Å²) in [6, 6.07) is 14.1. The molecular formula is C16H12N4O3. The third-order valence-corrected chi connectivity index (χ3v) is 3.40. The van der Waals surface area contributed by atoms with Crippen molar-refractivity contribution in [2.24, 2.45) is 5.73 Å². The molecule has 1 aromatic heterocycles. The van der Waals surface area contributed by atoms with Crippen LogP contribution in [0.5, 0.6) is 0 Å². The summed E-state index contributed by atoms with van der Waals surface area (Å²) in [5.74, 6) is -1.61. The Morgan fingerprint density at radius 1 is 1.00 bits per heavy atom. The van der Waals surface area contributed by atoms with Crippen LogP contribution in [0.1, 0.15) is 20.8 Å². The maximum absolute atomic E-state index is 11.2. The minimum absolute atomic E-state index is 0.0616. The number of nitrogens with two attached hydrogens (primary N) is 1. The van der Waals surface area contributed by atoms with Crippen molar-refractivity contribution in [2.75, 3.05) is 0 Å². The zero-order valence-electron chi connectivity index (χ0n) is 11.9. The SMILES string of the molecule is NC(=O)c1cccc(-c2ccc(-c3nn[nH]c3C(=O)O)cc2)c1. The van der Waals surface area contributed by atoms with E-state index in [0.717, 1.165) is 11.1 Å². The highest BCUT2D eigenvalue weighted by Crippen LogP contribution is 2.25. The predicted octanol–water partition coefficient (Wildman–Crippen LogP) is 1.94. The number of primary amides is 1. The molecule has 1 amide bonds. The molecule has 0 bridgehead atoms. The summed E-state index contributed by atoms with van der Waals surface area (Å²) in [6.07, 6.45) is 0. The molecule has 0 saturated heterocycles. The zero-order chi connectivity index (χ0) is 16.4. The lowest BCUT2D eigenvalue weighted by atomic mass is 10.0. The van der Waals surface area contributed by atoms with E-state index in [2.05, 4.69) is 15.4 Å². The molecule has 4 N–H and O–H groups in total. The van der Waals surface area contributed by atoms with E-state index in [1.807, 2.05) is 18.2 Å². The summed E-state index contributed by atoms with van der Waals surface area (Å²) >= 11 is 0. The third-order valence-electron chi connectivity index (χ3n) is 3.40. The fraction of sp³-hybridized carbons (Fsp3) is 0. The van der Waals surface area contributed by atoms with Crippen molar-refractivity contribution >= 4 is 11.9 Å². The molecule has 0 unspecified atom stereocenters. The Kier molecular flexibility index (Phi) is 3.60. The first-order chi connectivity index (χ1) is 11.1. The van der Waals surface area contributed by atoms with Crippen LogP contribution < -0.4 is 5.73 Å². The number of H-pyrrole nitrogens is 1. The molecule has 0 aliphatic carbocycles. The van der Waals surface area contributed by atoms with Gasteiger partial charge in [0.1, 0.15) is 5.69 Å². The first-order valence-corrected chi connectivity index (χ1v) is 6.71. The van der Waals surface area contributed by atoms with Gasteiger partial charge in [-0.25, -0.2) is 4.79 Å². The fourth-order valence-corrected chi connectivity index (χ4v) is 2.25. The molecule has 0 fully saturated rings. The molecule has 3 rings (SSSR count). The maximum Gasteiger partial charge on any atom is 0.356 e. The number of carbonyl (C=O) groups excluding carboxylic acids is 1. The average molecular weight is 308 g/mol. The summed E-state index contributed by atoms with van der Waals surface area (Å²) in [6.45, 7) is 0. The summed E-state index contributed by atoms with van der Waals surface area (Å²) < 4.78 is 0. The van der Waals surface area contributed by atoms with Gasteiger partial charge in [-0.1, -0.05) is 41.6 Å². The van der Waals surface area contributed by atoms with Crippen LogP contribution in [0.25, 0.3) is 22.4 Å². The first kappa shape index (κ1) is 14.5. The van der Waals surface area contributed by atoms with Gasteiger partial charge < -0.3 is 10.8 Å². The molecule has 0 aliphatic rings.